The SMILES string of the molecule is O=C(Nc1cc(Cl)cc(Cl)c1)c1ccc(COc2ccc3c(c2)CCC3)o1. The molecule has 0 radical (unpaired) electrons. The first kappa shape index (κ1) is 18.0. The van der Waals surface area contributed by atoms with Gasteiger partial charge in [-0.25, -0.2) is 0 Å². The van der Waals surface area contributed by atoms with Gasteiger partial charge in [-0.3, -0.25) is 4.79 Å². The lowest BCUT2D eigenvalue weighted by molar-refractivity contribution is 0.0992. The Hall–Kier alpha value is -2.43. The molecule has 0 unspecified atom stereocenters. The third-order valence-corrected chi connectivity index (χ3v) is 4.89. The maximum absolute atomic E-state index is 12.3. The maximum Gasteiger partial charge on any atom is 0.291 e. The summed E-state index contributed by atoms with van der Waals surface area (Å²) >= 11 is 11.9. The topological polar surface area (TPSA) is 51.5 Å². The highest BCUT2D eigenvalue weighted by molar-refractivity contribution is 6.35. The van der Waals surface area contributed by atoms with Crippen LogP contribution in [0.5, 0.6) is 5.75 Å². The van der Waals surface area contributed by atoms with Crippen LogP contribution in [0.1, 0.15) is 33.9 Å². The summed E-state index contributed by atoms with van der Waals surface area (Å²) in [6, 6.07) is 14.4. The van der Waals surface area contributed by atoms with Crippen molar-refractivity contribution in [1.82, 2.24) is 0 Å². The fraction of sp³-hybridized carbons (Fsp3) is 0.190. The van der Waals surface area contributed by atoms with Gasteiger partial charge < -0.3 is 14.5 Å². The van der Waals surface area contributed by atoms with E-state index in [1.807, 2.05) is 6.07 Å². The summed E-state index contributed by atoms with van der Waals surface area (Å²) in [5.74, 6) is 1.20. The van der Waals surface area contributed by atoms with E-state index in [9.17, 15) is 4.79 Å². The molecule has 0 spiro atoms. The number of carbonyl (C=O) groups excluding carboxylic acids is 1. The number of hydrogen-bond donors (Lipinski definition) is 1. The Morgan fingerprint density at radius 2 is 1.78 bits per heavy atom. The van der Waals surface area contributed by atoms with E-state index in [0.29, 0.717) is 21.5 Å². The third-order valence-electron chi connectivity index (χ3n) is 4.46. The van der Waals surface area contributed by atoms with Crippen LogP contribution >= 0.6 is 23.2 Å². The van der Waals surface area contributed by atoms with Crippen LogP contribution in [0.15, 0.2) is 52.9 Å². The van der Waals surface area contributed by atoms with E-state index in [1.54, 1.807) is 30.3 Å². The second-order valence-corrected chi connectivity index (χ2v) is 7.32. The third kappa shape index (κ3) is 4.29. The number of carbonyl (C=O) groups is 1. The van der Waals surface area contributed by atoms with Crippen LogP contribution in [0.3, 0.4) is 0 Å². The first-order valence-electron chi connectivity index (χ1n) is 8.67. The standard InChI is InChI=1S/C21H17Cl2NO3/c22-15-9-16(23)11-17(10-15)24-21(25)20-7-6-19(27-20)12-26-18-5-4-13-2-1-3-14(13)8-18/h4-11H,1-3,12H2,(H,24,25). The quantitative estimate of drug-likeness (QED) is 0.578. The predicted octanol–water partition coefficient (Wildman–Crippen LogP) is 5.91. The van der Waals surface area contributed by atoms with E-state index in [0.717, 1.165) is 18.6 Å². The minimum Gasteiger partial charge on any atom is -0.486 e. The monoisotopic (exact) mass is 401 g/mol. The molecule has 1 amide bonds. The molecule has 3 aromatic rings. The van der Waals surface area contributed by atoms with E-state index in [1.165, 1.54) is 17.5 Å². The summed E-state index contributed by atoms with van der Waals surface area (Å²) in [5, 5.41) is 3.60. The molecule has 0 atom stereocenters. The Balaban J connectivity index is 1.38. The van der Waals surface area contributed by atoms with Gasteiger partial charge in [0.25, 0.3) is 5.91 Å². The molecule has 4 nitrogen and oxygen atoms in total. The zero-order valence-corrected chi connectivity index (χ0v) is 15.9. The molecule has 1 heterocycles. The van der Waals surface area contributed by atoms with Gasteiger partial charge in [-0.15, -0.1) is 0 Å². The van der Waals surface area contributed by atoms with E-state index in [4.69, 9.17) is 32.4 Å². The van der Waals surface area contributed by atoms with Gasteiger partial charge in [0.2, 0.25) is 0 Å². The highest BCUT2D eigenvalue weighted by atomic mass is 35.5. The lowest BCUT2D eigenvalue weighted by Crippen LogP contribution is -2.10. The van der Waals surface area contributed by atoms with E-state index < -0.39 is 0 Å². The lowest BCUT2D eigenvalue weighted by atomic mass is 10.1. The average Bonchev–Trinajstić information content (AvgIpc) is 3.28. The molecule has 138 valence electrons. The van der Waals surface area contributed by atoms with Crippen molar-refractivity contribution < 1.29 is 13.9 Å². The molecule has 4 rings (SSSR count). The second kappa shape index (κ2) is 7.67. The Bertz CT molecular complexity index is 977. The Labute approximate surface area is 167 Å². The normalized spacial score (nSPS) is 12.7. The summed E-state index contributed by atoms with van der Waals surface area (Å²) in [6.07, 6.45) is 3.45. The van der Waals surface area contributed by atoms with Crippen LogP contribution in [-0.2, 0) is 19.4 Å². The van der Waals surface area contributed by atoms with Gasteiger partial charge in [0.15, 0.2) is 5.76 Å². The van der Waals surface area contributed by atoms with Crippen LogP contribution < -0.4 is 10.1 Å². The van der Waals surface area contributed by atoms with Crippen molar-refractivity contribution in [3.63, 3.8) is 0 Å². The van der Waals surface area contributed by atoms with Crippen LogP contribution in [0.2, 0.25) is 10.0 Å². The van der Waals surface area contributed by atoms with E-state index in [-0.39, 0.29) is 18.3 Å². The Morgan fingerprint density at radius 3 is 2.59 bits per heavy atom. The Morgan fingerprint density at radius 1 is 1.00 bits per heavy atom. The average molecular weight is 402 g/mol. The van der Waals surface area contributed by atoms with Gasteiger partial charge in [-0.2, -0.15) is 0 Å². The van der Waals surface area contributed by atoms with Crippen molar-refractivity contribution in [2.24, 2.45) is 0 Å². The first-order chi connectivity index (χ1) is 13.1. The molecule has 0 aliphatic heterocycles. The molecule has 0 saturated carbocycles. The highest BCUT2D eigenvalue weighted by Crippen LogP contribution is 2.27. The van der Waals surface area contributed by atoms with Crippen LogP contribution in [0.4, 0.5) is 5.69 Å². The lowest BCUT2D eigenvalue weighted by Gasteiger charge is -2.07. The molecule has 1 aliphatic rings. The minimum absolute atomic E-state index is 0.193. The number of furan rings is 1. The van der Waals surface area contributed by atoms with Crippen molar-refractivity contribution in [2.45, 2.75) is 25.9 Å². The highest BCUT2D eigenvalue weighted by Gasteiger charge is 2.14. The predicted molar refractivity (Wildman–Crippen MR) is 106 cm³/mol. The molecule has 1 aromatic heterocycles. The molecule has 0 fully saturated rings. The molecule has 1 aliphatic carbocycles. The van der Waals surface area contributed by atoms with Gasteiger partial charge in [0.05, 0.1) is 0 Å². The maximum atomic E-state index is 12.3. The first-order valence-corrected chi connectivity index (χ1v) is 9.43. The molecular weight excluding hydrogens is 385 g/mol. The molecule has 1 N–H and O–H groups in total. The molecule has 2 aromatic carbocycles. The number of halogens is 2. The summed E-state index contributed by atoms with van der Waals surface area (Å²) in [6.45, 7) is 0.259. The number of rotatable bonds is 5. The van der Waals surface area contributed by atoms with Crippen LogP contribution in [0.25, 0.3) is 0 Å². The number of anilines is 1. The van der Waals surface area contributed by atoms with Gasteiger partial charge in [-0.1, -0.05) is 29.3 Å². The number of benzene rings is 2. The molecule has 0 bridgehead atoms. The van der Waals surface area contributed by atoms with E-state index >= 15 is 0 Å². The fourth-order valence-electron chi connectivity index (χ4n) is 3.19. The number of fused-ring (bicyclic) bond motifs is 1. The van der Waals surface area contributed by atoms with Crippen molar-refractivity contribution in [1.29, 1.82) is 0 Å². The number of aryl methyl sites for hydroxylation is 2. The van der Waals surface area contributed by atoms with Gasteiger partial charge in [0.1, 0.15) is 18.1 Å². The number of amides is 1. The summed E-state index contributed by atoms with van der Waals surface area (Å²) < 4.78 is 11.4. The Kier molecular flexibility index (Phi) is 5.10. The van der Waals surface area contributed by atoms with Gasteiger partial charge >= 0.3 is 0 Å². The molecule has 6 heteroatoms. The van der Waals surface area contributed by atoms with Crippen molar-refractivity contribution in [2.75, 3.05) is 5.32 Å². The molecule has 27 heavy (non-hydrogen) atoms. The van der Waals surface area contributed by atoms with Crippen molar-refractivity contribution >= 4 is 34.8 Å². The summed E-state index contributed by atoms with van der Waals surface area (Å²) in [4.78, 5) is 12.3. The smallest absolute Gasteiger partial charge is 0.291 e. The minimum atomic E-state index is -0.378. The summed E-state index contributed by atoms with van der Waals surface area (Å²) in [7, 11) is 0. The zero-order chi connectivity index (χ0) is 18.8. The zero-order valence-electron chi connectivity index (χ0n) is 14.4. The largest absolute Gasteiger partial charge is 0.486 e. The molecule has 0 saturated heterocycles. The molecular formula is C21H17Cl2NO3. The van der Waals surface area contributed by atoms with Crippen molar-refractivity contribution in [3.8, 4) is 5.75 Å². The van der Waals surface area contributed by atoms with Crippen LogP contribution in [0, 0.1) is 0 Å². The van der Waals surface area contributed by atoms with Gasteiger partial charge in [-0.05, 0) is 72.9 Å². The van der Waals surface area contributed by atoms with Crippen molar-refractivity contribution in [3.05, 3.63) is 81.2 Å². The van der Waals surface area contributed by atoms with E-state index in [2.05, 4.69) is 17.4 Å². The van der Waals surface area contributed by atoms with Crippen LogP contribution in [-0.4, -0.2) is 5.91 Å². The van der Waals surface area contributed by atoms with Gasteiger partial charge in [0, 0.05) is 15.7 Å². The number of nitrogens with one attached hydrogen (secondary N) is 1. The second-order valence-electron chi connectivity index (χ2n) is 6.45. The number of hydrogen-bond acceptors (Lipinski definition) is 3. The summed E-state index contributed by atoms with van der Waals surface area (Å²) in [5.41, 5.74) is 3.26. The fourth-order valence-corrected chi connectivity index (χ4v) is 3.71. The number of ether oxygens (including phenoxy) is 1.